The summed E-state index contributed by atoms with van der Waals surface area (Å²) in [4.78, 5) is 4.07. The molecule has 0 aliphatic carbocycles. The lowest BCUT2D eigenvalue weighted by Gasteiger charge is -2.06. The Bertz CT molecular complexity index is 636. The second kappa shape index (κ2) is 4.60. The average Bonchev–Trinajstić information content (AvgIpc) is 3.01. The highest BCUT2D eigenvalue weighted by molar-refractivity contribution is 6.05. The lowest BCUT2D eigenvalue weighted by atomic mass is 10.1. The molecule has 0 radical (unpaired) electrons. The molecule has 7 nitrogen and oxygen atoms in total. The molecule has 2 heterocycles. The van der Waals surface area contributed by atoms with Crippen molar-refractivity contribution in [2.75, 3.05) is 6.61 Å². The number of hydrogen-bond acceptors (Lipinski definition) is 6. The molecule has 1 aromatic carbocycles. The van der Waals surface area contributed by atoms with Gasteiger partial charge in [-0.2, -0.15) is 5.10 Å². The molecule has 19 heavy (non-hydrogen) atoms. The van der Waals surface area contributed by atoms with E-state index in [0.29, 0.717) is 23.8 Å². The zero-order valence-electron chi connectivity index (χ0n) is 10.3. The molecule has 0 bridgehead atoms. The minimum absolute atomic E-state index is 0.276. The topological polar surface area (TPSA) is 81.8 Å². The number of oxime groups is 1. The van der Waals surface area contributed by atoms with E-state index in [0.717, 1.165) is 11.4 Å². The third-order valence-electron chi connectivity index (χ3n) is 2.92. The summed E-state index contributed by atoms with van der Waals surface area (Å²) in [6.45, 7) is 0.606. The van der Waals surface area contributed by atoms with Crippen molar-refractivity contribution in [3.63, 3.8) is 0 Å². The summed E-state index contributed by atoms with van der Waals surface area (Å²) in [7, 11) is 1.81. The van der Waals surface area contributed by atoms with Crippen LogP contribution in [0.4, 0.5) is 0 Å². The van der Waals surface area contributed by atoms with E-state index in [1.54, 1.807) is 16.8 Å². The van der Waals surface area contributed by atoms with Gasteiger partial charge in [-0.25, -0.2) is 4.98 Å². The van der Waals surface area contributed by atoms with Crippen LogP contribution in [0.25, 0.3) is 0 Å². The Kier molecular flexibility index (Phi) is 2.79. The zero-order chi connectivity index (χ0) is 13.2. The van der Waals surface area contributed by atoms with Gasteiger partial charge in [0.2, 0.25) is 0 Å². The fourth-order valence-corrected chi connectivity index (χ4v) is 1.86. The van der Waals surface area contributed by atoms with Crippen LogP contribution in [0.15, 0.2) is 29.7 Å². The first kappa shape index (κ1) is 11.5. The van der Waals surface area contributed by atoms with Crippen molar-refractivity contribution in [3.8, 4) is 11.5 Å². The van der Waals surface area contributed by atoms with Gasteiger partial charge in [-0.1, -0.05) is 5.16 Å². The molecule has 0 unspecified atom stereocenters. The van der Waals surface area contributed by atoms with Crippen molar-refractivity contribution in [1.82, 2.24) is 14.8 Å². The van der Waals surface area contributed by atoms with Crippen molar-refractivity contribution >= 4 is 5.71 Å². The van der Waals surface area contributed by atoms with Crippen LogP contribution in [-0.2, 0) is 13.7 Å². The van der Waals surface area contributed by atoms with Crippen LogP contribution in [0.5, 0.6) is 11.5 Å². The van der Waals surface area contributed by atoms with Gasteiger partial charge in [0.1, 0.15) is 36.8 Å². The van der Waals surface area contributed by atoms with Gasteiger partial charge in [0.25, 0.3) is 0 Å². The lowest BCUT2D eigenvalue weighted by Crippen LogP contribution is -2.04. The van der Waals surface area contributed by atoms with Crippen LogP contribution in [0.3, 0.4) is 0 Å². The molecule has 1 aliphatic heterocycles. The summed E-state index contributed by atoms with van der Waals surface area (Å²) in [6, 6.07) is 5.38. The highest BCUT2D eigenvalue weighted by atomic mass is 16.5. The van der Waals surface area contributed by atoms with Gasteiger partial charge in [0.05, 0.1) is 0 Å². The van der Waals surface area contributed by atoms with Crippen LogP contribution < -0.4 is 9.47 Å². The molecule has 0 saturated heterocycles. The quantitative estimate of drug-likeness (QED) is 0.656. The molecule has 7 heteroatoms. The third-order valence-corrected chi connectivity index (χ3v) is 2.92. The largest absolute Gasteiger partial charge is 0.486 e. The normalized spacial score (nSPS) is 15.3. The number of aryl methyl sites for hydroxylation is 1. The molecule has 98 valence electrons. The molecule has 1 N–H and O–H groups in total. The number of hydrogen-bond donors (Lipinski definition) is 1. The van der Waals surface area contributed by atoms with E-state index in [4.69, 9.17) is 14.7 Å². The number of aromatic nitrogens is 3. The Morgan fingerprint density at radius 2 is 2.42 bits per heavy atom. The summed E-state index contributed by atoms with van der Waals surface area (Å²) in [5.74, 6) is 2.06. The van der Waals surface area contributed by atoms with Crippen molar-refractivity contribution < 1.29 is 14.7 Å². The van der Waals surface area contributed by atoms with Crippen LogP contribution in [-0.4, -0.2) is 32.3 Å². The van der Waals surface area contributed by atoms with Crippen LogP contribution in [0.1, 0.15) is 11.4 Å². The molecule has 0 atom stereocenters. The molecule has 1 aromatic heterocycles. The highest BCUT2D eigenvalue weighted by Crippen LogP contribution is 2.30. The average molecular weight is 260 g/mol. The number of benzene rings is 1. The zero-order valence-corrected chi connectivity index (χ0v) is 10.3. The van der Waals surface area contributed by atoms with Gasteiger partial charge in [-0.05, 0) is 12.1 Å². The maximum atomic E-state index is 8.80. The van der Waals surface area contributed by atoms with Crippen molar-refractivity contribution in [3.05, 3.63) is 35.9 Å². The van der Waals surface area contributed by atoms with Gasteiger partial charge in [-0.3, -0.25) is 4.68 Å². The van der Waals surface area contributed by atoms with Gasteiger partial charge in [-0.15, -0.1) is 0 Å². The van der Waals surface area contributed by atoms with Gasteiger partial charge >= 0.3 is 0 Å². The number of ether oxygens (including phenoxy) is 2. The molecule has 0 spiro atoms. The van der Waals surface area contributed by atoms with Gasteiger partial charge < -0.3 is 14.7 Å². The predicted molar refractivity (Wildman–Crippen MR) is 65.6 cm³/mol. The number of fused-ring (bicyclic) bond motifs is 1. The maximum Gasteiger partial charge on any atom is 0.164 e. The molecule has 1 aliphatic rings. The molecule has 2 aromatic rings. The first-order chi connectivity index (χ1) is 9.28. The summed E-state index contributed by atoms with van der Waals surface area (Å²) in [6.07, 6.45) is 1.48. The summed E-state index contributed by atoms with van der Waals surface area (Å²) >= 11 is 0. The summed E-state index contributed by atoms with van der Waals surface area (Å²) in [5.41, 5.74) is 1.31. The molecule has 3 rings (SSSR count). The Hall–Kier alpha value is -2.57. The molecular weight excluding hydrogens is 248 g/mol. The fourth-order valence-electron chi connectivity index (χ4n) is 1.86. The van der Waals surface area contributed by atoms with E-state index in [1.165, 1.54) is 6.33 Å². The van der Waals surface area contributed by atoms with Gasteiger partial charge in [0, 0.05) is 18.7 Å². The number of nitrogens with zero attached hydrogens (tertiary/aromatic N) is 4. The maximum absolute atomic E-state index is 8.80. The van der Waals surface area contributed by atoms with E-state index in [-0.39, 0.29) is 6.61 Å². The predicted octanol–water partition coefficient (Wildman–Crippen LogP) is 0.965. The second-order valence-corrected chi connectivity index (χ2v) is 4.08. The first-order valence-electron chi connectivity index (χ1n) is 5.72. The van der Waals surface area contributed by atoms with Crippen molar-refractivity contribution in [1.29, 1.82) is 0 Å². The Labute approximate surface area is 109 Å². The molecule has 0 saturated carbocycles. The van der Waals surface area contributed by atoms with Crippen molar-refractivity contribution in [2.24, 2.45) is 12.2 Å². The highest BCUT2D eigenvalue weighted by Gasteiger charge is 2.20. The number of rotatable bonds is 3. The van der Waals surface area contributed by atoms with E-state index in [1.807, 2.05) is 13.1 Å². The van der Waals surface area contributed by atoms with E-state index < -0.39 is 0 Å². The minimum atomic E-state index is 0.276. The van der Waals surface area contributed by atoms with Gasteiger partial charge in [0.15, 0.2) is 5.82 Å². The minimum Gasteiger partial charge on any atom is -0.486 e. The Morgan fingerprint density at radius 1 is 1.53 bits per heavy atom. The smallest absolute Gasteiger partial charge is 0.164 e. The molecular formula is C12H12N4O3. The summed E-state index contributed by atoms with van der Waals surface area (Å²) in [5, 5.41) is 16.0. The Balaban J connectivity index is 1.75. The standard InChI is InChI=1S/C12H12N4O3/c1-16-12(13-7-14-16)6-18-8-2-3-9-10(15-17)5-19-11(9)4-8/h2-4,7,17H,5-6H2,1H3. The molecule has 0 amide bonds. The second-order valence-electron chi connectivity index (χ2n) is 4.08. The SMILES string of the molecule is Cn1ncnc1COc1ccc2c(c1)OCC2=NO. The molecule has 0 fully saturated rings. The van der Waals surface area contributed by atoms with Crippen molar-refractivity contribution in [2.45, 2.75) is 6.61 Å². The van der Waals surface area contributed by atoms with Crippen LogP contribution >= 0.6 is 0 Å². The first-order valence-corrected chi connectivity index (χ1v) is 5.72. The van der Waals surface area contributed by atoms with E-state index in [9.17, 15) is 0 Å². The summed E-state index contributed by atoms with van der Waals surface area (Å²) < 4.78 is 12.7. The van der Waals surface area contributed by atoms with Crippen LogP contribution in [0.2, 0.25) is 0 Å². The van der Waals surface area contributed by atoms with E-state index in [2.05, 4.69) is 15.2 Å². The fraction of sp³-hybridized carbons (Fsp3) is 0.250. The monoisotopic (exact) mass is 260 g/mol. The Morgan fingerprint density at radius 3 is 3.16 bits per heavy atom. The van der Waals surface area contributed by atoms with E-state index >= 15 is 0 Å². The van der Waals surface area contributed by atoms with Crippen LogP contribution in [0, 0.1) is 0 Å². The lowest BCUT2D eigenvalue weighted by molar-refractivity contribution is 0.287. The third kappa shape index (κ3) is 2.10.